The van der Waals surface area contributed by atoms with Crippen molar-refractivity contribution >= 4 is 50.0 Å². The lowest BCUT2D eigenvalue weighted by Crippen LogP contribution is -2.13. The molecule has 5 heteroatoms. The Hall–Kier alpha value is -1.91. The van der Waals surface area contributed by atoms with E-state index in [-0.39, 0.29) is 5.91 Å². The zero-order valence-electron chi connectivity index (χ0n) is 10.8. The second-order valence-corrected chi connectivity index (χ2v) is 5.75. The Morgan fingerprint density at radius 2 is 1.95 bits per heavy atom. The van der Waals surface area contributed by atoms with E-state index < -0.39 is 0 Å². The second kappa shape index (κ2) is 5.84. The number of halogens is 2. The Morgan fingerprint density at radius 3 is 2.81 bits per heavy atom. The Morgan fingerprint density at radius 1 is 1.14 bits per heavy atom. The van der Waals surface area contributed by atoms with Crippen LogP contribution in [0.25, 0.3) is 10.9 Å². The molecule has 0 unspecified atom stereocenters. The van der Waals surface area contributed by atoms with E-state index in [9.17, 15) is 4.79 Å². The molecule has 1 N–H and O–H groups in total. The number of benzene rings is 2. The van der Waals surface area contributed by atoms with Crippen LogP contribution >= 0.6 is 27.5 Å². The van der Waals surface area contributed by atoms with Gasteiger partial charge in [-0.2, -0.15) is 0 Å². The van der Waals surface area contributed by atoms with Gasteiger partial charge in [-0.3, -0.25) is 9.78 Å². The largest absolute Gasteiger partial charge is 0.321 e. The van der Waals surface area contributed by atoms with Gasteiger partial charge in [-0.05, 0) is 46.3 Å². The molecule has 1 aromatic heterocycles. The van der Waals surface area contributed by atoms with E-state index in [1.165, 1.54) is 0 Å². The molecule has 0 fully saturated rings. The molecule has 3 nitrogen and oxygen atoms in total. The minimum absolute atomic E-state index is 0.220. The van der Waals surface area contributed by atoms with E-state index in [1.807, 2.05) is 24.3 Å². The number of para-hydroxylation sites is 1. The highest BCUT2D eigenvalue weighted by Crippen LogP contribution is 2.27. The average Bonchev–Trinajstić information content (AvgIpc) is 2.50. The molecule has 0 atom stereocenters. The predicted molar refractivity (Wildman–Crippen MR) is 88.8 cm³/mol. The van der Waals surface area contributed by atoms with Crippen molar-refractivity contribution in [3.05, 3.63) is 69.8 Å². The van der Waals surface area contributed by atoms with Crippen LogP contribution in [0.4, 0.5) is 5.69 Å². The number of rotatable bonds is 2. The van der Waals surface area contributed by atoms with Crippen molar-refractivity contribution in [2.24, 2.45) is 0 Å². The average molecular weight is 362 g/mol. The van der Waals surface area contributed by atoms with E-state index in [0.717, 1.165) is 9.86 Å². The topological polar surface area (TPSA) is 42.0 Å². The predicted octanol–water partition coefficient (Wildman–Crippen LogP) is 4.90. The van der Waals surface area contributed by atoms with Crippen LogP contribution in [0, 0.1) is 0 Å². The van der Waals surface area contributed by atoms with Crippen LogP contribution in [0.2, 0.25) is 5.02 Å². The van der Waals surface area contributed by atoms with Crippen molar-refractivity contribution in [1.82, 2.24) is 4.98 Å². The maximum atomic E-state index is 12.5. The molecule has 2 aromatic carbocycles. The lowest BCUT2D eigenvalue weighted by molar-refractivity contribution is 0.102. The van der Waals surface area contributed by atoms with Gasteiger partial charge in [-0.15, -0.1) is 0 Å². The number of nitrogens with one attached hydrogen (secondary N) is 1. The number of carbonyl (C=O) groups is 1. The fourth-order valence-electron chi connectivity index (χ4n) is 2.07. The molecule has 0 bridgehead atoms. The number of hydrogen-bond donors (Lipinski definition) is 1. The molecule has 1 amide bonds. The normalized spacial score (nSPS) is 10.6. The highest BCUT2D eigenvalue weighted by Gasteiger charge is 2.12. The highest BCUT2D eigenvalue weighted by molar-refractivity contribution is 9.10. The summed E-state index contributed by atoms with van der Waals surface area (Å²) in [6.07, 6.45) is 1.68. The fourth-order valence-corrected chi connectivity index (χ4v) is 2.59. The fraction of sp³-hybridized carbons (Fsp3) is 0. The third-order valence-electron chi connectivity index (χ3n) is 3.05. The van der Waals surface area contributed by atoms with Gasteiger partial charge in [0.05, 0.1) is 16.8 Å². The summed E-state index contributed by atoms with van der Waals surface area (Å²) < 4.78 is 0.772. The Bertz CT molecular complexity index is 830. The van der Waals surface area contributed by atoms with E-state index in [4.69, 9.17) is 11.6 Å². The molecule has 3 rings (SSSR count). The van der Waals surface area contributed by atoms with E-state index in [0.29, 0.717) is 21.8 Å². The van der Waals surface area contributed by atoms with Crippen LogP contribution < -0.4 is 5.32 Å². The summed E-state index contributed by atoms with van der Waals surface area (Å²) >= 11 is 9.35. The van der Waals surface area contributed by atoms with Gasteiger partial charge in [0.25, 0.3) is 5.91 Å². The van der Waals surface area contributed by atoms with Gasteiger partial charge in [0.1, 0.15) is 0 Å². The smallest absolute Gasteiger partial charge is 0.257 e. The van der Waals surface area contributed by atoms with Crippen LogP contribution in [0.15, 0.2) is 59.2 Å². The number of aromatic nitrogens is 1. The molecule has 0 aliphatic heterocycles. The zero-order chi connectivity index (χ0) is 14.8. The molecule has 104 valence electrons. The van der Waals surface area contributed by atoms with Crippen LogP contribution in [0.1, 0.15) is 10.4 Å². The Labute approximate surface area is 135 Å². The van der Waals surface area contributed by atoms with Gasteiger partial charge in [0, 0.05) is 21.1 Å². The summed E-state index contributed by atoms with van der Waals surface area (Å²) in [6, 6.07) is 14.5. The van der Waals surface area contributed by atoms with Crippen molar-refractivity contribution < 1.29 is 4.79 Å². The molecule has 0 aliphatic rings. The molecule has 0 radical (unpaired) electrons. The molecule has 21 heavy (non-hydrogen) atoms. The third kappa shape index (κ3) is 2.91. The first-order valence-corrected chi connectivity index (χ1v) is 7.42. The molecule has 3 aromatic rings. The molecule has 0 saturated heterocycles. The van der Waals surface area contributed by atoms with Gasteiger partial charge in [-0.1, -0.05) is 29.8 Å². The lowest BCUT2D eigenvalue weighted by Gasteiger charge is -2.09. The summed E-state index contributed by atoms with van der Waals surface area (Å²) in [5.74, 6) is -0.220. The van der Waals surface area contributed by atoms with Gasteiger partial charge in [0.2, 0.25) is 0 Å². The molecular formula is C16H10BrClN2O. The first-order valence-electron chi connectivity index (χ1n) is 6.25. The number of fused-ring (bicyclic) bond motifs is 1. The van der Waals surface area contributed by atoms with Crippen LogP contribution in [-0.4, -0.2) is 10.9 Å². The van der Waals surface area contributed by atoms with Crippen molar-refractivity contribution in [3.63, 3.8) is 0 Å². The number of carbonyl (C=O) groups excluding carboxylic acids is 1. The second-order valence-electron chi connectivity index (χ2n) is 4.46. The van der Waals surface area contributed by atoms with Crippen LogP contribution in [0.5, 0.6) is 0 Å². The first kappa shape index (κ1) is 14.0. The number of anilines is 1. The quantitative estimate of drug-likeness (QED) is 0.705. The van der Waals surface area contributed by atoms with Gasteiger partial charge < -0.3 is 5.32 Å². The number of amides is 1. The summed E-state index contributed by atoms with van der Waals surface area (Å²) in [5, 5.41) is 4.34. The summed E-state index contributed by atoms with van der Waals surface area (Å²) in [6.45, 7) is 0. The SMILES string of the molecule is O=C(Nc1cc(Cl)ccc1Br)c1cccc2cccnc12. The van der Waals surface area contributed by atoms with Crippen LogP contribution in [0.3, 0.4) is 0 Å². The Balaban J connectivity index is 1.99. The number of hydrogen-bond acceptors (Lipinski definition) is 2. The van der Waals surface area contributed by atoms with Gasteiger partial charge in [-0.25, -0.2) is 0 Å². The number of pyridine rings is 1. The maximum absolute atomic E-state index is 12.5. The van der Waals surface area contributed by atoms with E-state index in [2.05, 4.69) is 26.2 Å². The van der Waals surface area contributed by atoms with Crippen molar-refractivity contribution in [1.29, 1.82) is 0 Å². The zero-order valence-corrected chi connectivity index (χ0v) is 13.1. The monoisotopic (exact) mass is 360 g/mol. The van der Waals surface area contributed by atoms with Crippen LogP contribution in [-0.2, 0) is 0 Å². The maximum Gasteiger partial charge on any atom is 0.257 e. The summed E-state index contributed by atoms with van der Waals surface area (Å²) in [5.41, 5.74) is 1.83. The molecular weight excluding hydrogens is 352 g/mol. The molecule has 0 saturated carbocycles. The standard InChI is InChI=1S/C16H10BrClN2O/c17-13-7-6-11(18)9-14(13)20-16(21)12-5-1-3-10-4-2-8-19-15(10)12/h1-9H,(H,20,21). The molecule has 0 aliphatic carbocycles. The minimum Gasteiger partial charge on any atom is -0.321 e. The first-order chi connectivity index (χ1) is 10.1. The van der Waals surface area contributed by atoms with Crippen molar-refractivity contribution in [2.45, 2.75) is 0 Å². The van der Waals surface area contributed by atoms with E-state index >= 15 is 0 Å². The lowest BCUT2D eigenvalue weighted by atomic mass is 10.1. The summed E-state index contributed by atoms with van der Waals surface area (Å²) in [7, 11) is 0. The van der Waals surface area contributed by atoms with Crippen molar-refractivity contribution in [3.8, 4) is 0 Å². The molecule has 1 heterocycles. The van der Waals surface area contributed by atoms with Gasteiger partial charge in [0.15, 0.2) is 0 Å². The van der Waals surface area contributed by atoms with Crippen molar-refractivity contribution in [2.75, 3.05) is 5.32 Å². The third-order valence-corrected chi connectivity index (χ3v) is 3.98. The Kier molecular flexibility index (Phi) is 3.90. The van der Waals surface area contributed by atoms with Gasteiger partial charge >= 0.3 is 0 Å². The number of nitrogens with zero attached hydrogens (tertiary/aromatic N) is 1. The highest BCUT2D eigenvalue weighted by atomic mass is 79.9. The minimum atomic E-state index is -0.220. The summed E-state index contributed by atoms with van der Waals surface area (Å²) in [4.78, 5) is 16.8. The molecule has 0 spiro atoms. The van der Waals surface area contributed by atoms with E-state index in [1.54, 1.807) is 30.5 Å².